The lowest BCUT2D eigenvalue weighted by atomic mass is 10.0. The maximum Gasteiger partial charge on any atom is 0.159 e. The zero-order valence-electron chi connectivity index (χ0n) is 17.1. The molecular weight excluding hydrogens is 370 g/mol. The van der Waals surface area contributed by atoms with Crippen LogP contribution in [0.1, 0.15) is 25.3 Å². The largest absolute Gasteiger partial charge is 0.337 e. The molecule has 2 aromatic heterocycles. The molecule has 3 N–H and O–H groups in total. The Morgan fingerprint density at radius 1 is 1.23 bits per heavy atom. The Hall–Kier alpha value is -3.44. The Kier molecular flexibility index (Phi) is 4.81. The first-order valence-corrected chi connectivity index (χ1v) is 10.4. The molecule has 0 saturated heterocycles. The van der Waals surface area contributed by atoms with Gasteiger partial charge in [-0.3, -0.25) is 5.10 Å². The van der Waals surface area contributed by atoms with Gasteiger partial charge >= 0.3 is 0 Å². The first-order chi connectivity index (χ1) is 14.7. The van der Waals surface area contributed by atoms with Crippen LogP contribution in [0.4, 0.5) is 0 Å². The lowest BCUT2D eigenvalue weighted by Gasteiger charge is -2.13. The van der Waals surface area contributed by atoms with E-state index in [1.165, 1.54) is 16.7 Å². The minimum Gasteiger partial charge on any atom is -0.337 e. The average Bonchev–Trinajstić information content (AvgIpc) is 3.52. The van der Waals surface area contributed by atoms with Crippen LogP contribution >= 0.6 is 0 Å². The summed E-state index contributed by atoms with van der Waals surface area (Å²) in [6.45, 7) is 8.38. The minimum absolute atomic E-state index is 0.739. The Labute approximate surface area is 175 Å². The standard InChI is InChI=1S/C25H25N5/c1-16(18-12-14-26-15-13-18)10-11-21-17(2)23(30-29-21)25-27-22-9-5-8-20(24(22)28-25)19-6-3-4-7-19/h3,5-12,26,29H,2,4,13-15H2,1H3,(H,27,28)/b16-10+,21-11+. The highest BCUT2D eigenvalue weighted by Gasteiger charge is 2.14. The van der Waals surface area contributed by atoms with E-state index in [9.17, 15) is 0 Å². The third kappa shape index (κ3) is 3.37. The zero-order chi connectivity index (χ0) is 20.5. The number of allylic oxidation sites excluding steroid dienone is 6. The molecule has 0 radical (unpaired) electrons. The third-order valence-electron chi connectivity index (χ3n) is 5.79. The van der Waals surface area contributed by atoms with Crippen molar-refractivity contribution in [1.29, 1.82) is 0 Å². The number of aromatic nitrogens is 4. The fraction of sp³-hybridized carbons (Fsp3) is 0.200. The van der Waals surface area contributed by atoms with Gasteiger partial charge in [0.05, 0.1) is 16.4 Å². The fourth-order valence-corrected chi connectivity index (χ4v) is 4.04. The first-order valence-electron chi connectivity index (χ1n) is 10.4. The third-order valence-corrected chi connectivity index (χ3v) is 5.79. The van der Waals surface area contributed by atoms with E-state index in [1.807, 2.05) is 0 Å². The van der Waals surface area contributed by atoms with Crippen molar-refractivity contribution in [2.45, 2.75) is 19.8 Å². The second-order valence-corrected chi connectivity index (χ2v) is 7.75. The van der Waals surface area contributed by atoms with Crippen molar-refractivity contribution >= 4 is 29.3 Å². The number of aromatic amines is 2. The molecule has 0 amide bonds. The monoisotopic (exact) mass is 395 g/mol. The lowest BCUT2D eigenvalue weighted by Crippen LogP contribution is -2.22. The van der Waals surface area contributed by atoms with Crippen LogP contribution in [-0.4, -0.2) is 33.3 Å². The molecule has 0 spiro atoms. The van der Waals surface area contributed by atoms with Crippen molar-refractivity contribution in [3.63, 3.8) is 0 Å². The van der Waals surface area contributed by atoms with Gasteiger partial charge in [0.15, 0.2) is 5.82 Å². The van der Waals surface area contributed by atoms with Gasteiger partial charge in [-0.2, -0.15) is 5.10 Å². The second kappa shape index (κ2) is 7.76. The van der Waals surface area contributed by atoms with E-state index in [2.05, 4.69) is 88.7 Å². The summed E-state index contributed by atoms with van der Waals surface area (Å²) in [5.74, 6) is 0.739. The molecule has 5 rings (SSSR count). The van der Waals surface area contributed by atoms with Gasteiger partial charge in [0, 0.05) is 17.3 Å². The van der Waals surface area contributed by atoms with E-state index in [0.29, 0.717) is 0 Å². The fourth-order valence-electron chi connectivity index (χ4n) is 4.04. The number of nitrogens with one attached hydrogen (secondary N) is 3. The number of benzene rings is 1. The van der Waals surface area contributed by atoms with Crippen LogP contribution in [0.5, 0.6) is 0 Å². The molecule has 1 aromatic carbocycles. The molecule has 1 aliphatic heterocycles. The molecular formula is C25H25N5. The highest BCUT2D eigenvalue weighted by atomic mass is 15.1. The molecule has 3 aromatic rings. The van der Waals surface area contributed by atoms with Crippen molar-refractivity contribution in [2.24, 2.45) is 0 Å². The van der Waals surface area contributed by atoms with Crippen LogP contribution in [0.3, 0.4) is 0 Å². The van der Waals surface area contributed by atoms with Crippen LogP contribution in [0, 0.1) is 0 Å². The normalized spacial score (nSPS) is 17.6. The highest BCUT2D eigenvalue weighted by Crippen LogP contribution is 2.28. The topological polar surface area (TPSA) is 69.4 Å². The SMILES string of the molecule is C=c1c(-c2nc3c(C4=CCC=C4)cccc3[nH]2)n[nH]/c1=C/C=C(\C)C1=CCNCC1. The maximum absolute atomic E-state index is 4.87. The molecule has 0 atom stereocenters. The van der Waals surface area contributed by atoms with E-state index in [0.717, 1.165) is 64.6 Å². The van der Waals surface area contributed by atoms with E-state index in [-0.39, 0.29) is 0 Å². The summed E-state index contributed by atoms with van der Waals surface area (Å²) in [4.78, 5) is 8.29. The molecule has 3 heterocycles. The molecule has 0 saturated carbocycles. The van der Waals surface area contributed by atoms with Gasteiger partial charge in [-0.25, -0.2) is 4.98 Å². The van der Waals surface area contributed by atoms with Crippen molar-refractivity contribution in [3.8, 4) is 11.5 Å². The molecule has 30 heavy (non-hydrogen) atoms. The van der Waals surface area contributed by atoms with Gasteiger partial charge in [-0.1, -0.05) is 49.1 Å². The van der Waals surface area contributed by atoms with Gasteiger partial charge < -0.3 is 10.3 Å². The van der Waals surface area contributed by atoms with Crippen molar-refractivity contribution in [2.75, 3.05) is 13.1 Å². The zero-order valence-corrected chi connectivity index (χ0v) is 17.1. The summed E-state index contributed by atoms with van der Waals surface area (Å²) < 4.78 is 0. The summed E-state index contributed by atoms with van der Waals surface area (Å²) in [5, 5.41) is 12.7. The molecule has 0 bridgehead atoms. The number of hydrogen-bond donors (Lipinski definition) is 3. The van der Waals surface area contributed by atoms with Crippen LogP contribution in [0.25, 0.3) is 40.8 Å². The Morgan fingerprint density at radius 2 is 2.17 bits per heavy atom. The maximum atomic E-state index is 4.87. The van der Waals surface area contributed by atoms with Crippen molar-refractivity contribution < 1.29 is 0 Å². The van der Waals surface area contributed by atoms with Crippen LogP contribution in [0.15, 0.2) is 59.7 Å². The number of hydrogen-bond acceptors (Lipinski definition) is 3. The quantitative estimate of drug-likeness (QED) is 0.635. The molecule has 150 valence electrons. The Bertz CT molecular complexity index is 1340. The number of nitrogens with zero attached hydrogens (tertiary/aromatic N) is 2. The summed E-state index contributed by atoms with van der Waals surface area (Å²) in [7, 11) is 0. The predicted molar refractivity (Wildman–Crippen MR) is 124 cm³/mol. The van der Waals surface area contributed by atoms with E-state index in [1.54, 1.807) is 0 Å². The van der Waals surface area contributed by atoms with Crippen LogP contribution in [-0.2, 0) is 0 Å². The van der Waals surface area contributed by atoms with E-state index >= 15 is 0 Å². The van der Waals surface area contributed by atoms with Gasteiger partial charge in [-0.15, -0.1) is 0 Å². The number of imidazole rings is 1. The van der Waals surface area contributed by atoms with Gasteiger partial charge in [0.2, 0.25) is 0 Å². The van der Waals surface area contributed by atoms with Crippen molar-refractivity contribution in [1.82, 2.24) is 25.5 Å². The summed E-state index contributed by atoms with van der Waals surface area (Å²) in [6, 6.07) is 6.23. The molecule has 0 unspecified atom stereocenters. The van der Waals surface area contributed by atoms with E-state index in [4.69, 9.17) is 4.98 Å². The summed E-state index contributed by atoms with van der Waals surface area (Å²) in [6.07, 6.45) is 15.0. The number of para-hydroxylation sites is 1. The van der Waals surface area contributed by atoms with Crippen LogP contribution in [0.2, 0.25) is 0 Å². The minimum atomic E-state index is 0.739. The second-order valence-electron chi connectivity index (χ2n) is 7.75. The highest BCUT2D eigenvalue weighted by molar-refractivity contribution is 5.94. The smallest absolute Gasteiger partial charge is 0.159 e. The summed E-state index contributed by atoms with van der Waals surface area (Å²) in [5.41, 5.74) is 7.76. The first kappa shape index (κ1) is 18.6. The Balaban J connectivity index is 1.52. The predicted octanol–water partition coefficient (Wildman–Crippen LogP) is 3.35. The van der Waals surface area contributed by atoms with Gasteiger partial charge in [0.1, 0.15) is 5.69 Å². The summed E-state index contributed by atoms with van der Waals surface area (Å²) >= 11 is 0. The number of H-pyrrole nitrogens is 2. The molecule has 1 aliphatic carbocycles. The molecule has 5 heteroatoms. The van der Waals surface area contributed by atoms with E-state index < -0.39 is 0 Å². The molecule has 2 aliphatic rings. The number of rotatable bonds is 4. The van der Waals surface area contributed by atoms with Crippen molar-refractivity contribution in [3.05, 3.63) is 75.9 Å². The molecule has 0 fully saturated rings. The van der Waals surface area contributed by atoms with Crippen LogP contribution < -0.4 is 15.9 Å². The number of fused-ring (bicyclic) bond motifs is 1. The average molecular weight is 396 g/mol. The van der Waals surface area contributed by atoms with Gasteiger partial charge in [-0.05, 0) is 55.2 Å². The van der Waals surface area contributed by atoms with Gasteiger partial charge in [0.25, 0.3) is 0 Å². The Morgan fingerprint density at radius 3 is 2.97 bits per heavy atom. The molecule has 5 nitrogen and oxygen atoms in total. The lowest BCUT2D eigenvalue weighted by molar-refractivity contribution is 0.707.